The van der Waals surface area contributed by atoms with Crippen LogP contribution < -0.4 is 24.3 Å². The summed E-state index contributed by atoms with van der Waals surface area (Å²) in [6, 6.07) is 11.4. The van der Waals surface area contributed by atoms with Crippen molar-refractivity contribution in [1.29, 1.82) is 0 Å². The highest BCUT2D eigenvalue weighted by atomic mass is 16.6. The zero-order valence-electron chi connectivity index (χ0n) is 16.7. The summed E-state index contributed by atoms with van der Waals surface area (Å²) in [5.41, 5.74) is 3.51. The van der Waals surface area contributed by atoms with E-state index in [9.17, 15) is 4.79 Å². The minimum atomic E-state index is -0.190. The van der Waals surface area contributed by atoms with Gasteiger partial charge in [-0.2, -0.15) is 5.10 Å². The van der Waals surface area contributed by atoms with Crippen LogP contribution in [0.4, 0.5) is 5.82 Å². The molecule has 0 spiro atoms. The van der Waals surface area contributed by atoms with Crippen molar-refractivity contribution in [1.82, 2.24) is 10.2 Å². The summed E-state index contributed by atoms with van der Waals surface area (Å²) in [4.78, 5) is 12.4. The lowest BCUT2D eigenvalue weighted by Gasteiger charge is -2.25. The predicted octanol–water partition coefficient (Wildman–Crippen LogP) is 3.34. The van der Waals surface area contributed by atoms with Gasteiger partial charge in [-0.1, -0.05) is 6.07 Å². The lowest BCUT2D eigenvalue weighted by Crippen LogP contribution is -2.23. The van der Waals surface area contributed by atoms with Crippen LogP contribution in [0.25, 0.3) is 11.3 Å². The number of aromatic amines is 1. The Labute approximate surface area is 173 Å². The summed E-state index contributed by atoms with van der Waals surface area (Å²) in [5, 5.41) is 10.3. The van der Waals surface area contributed by atoms with E-state index in [1.807, 2.05) is 36.4 Å². The van der Waals surface area contributed by atoms with Crippen LogP contribution in [0.5, 0.6) is 23.0 Å². The number of hydrogen-bond donors (Lipinski definition) is 2. The van der Waals surface area contributed by atoms with Crippen LogP contribution >= 0.6 is 0 Å². The van der Waals surface area contributed by atoms with Gasteiger partial charge >= 0.3 is 0 Å². The number of ether oxygens (including phenoxy) is 4. The van der Waals surface area contributed by atoms with Crippen LogP contribution in [0.2, 0.25) is 0 Å². The molecule has 30 heavy (non-hydrogen) atoms. The van der Waals surface area contributed by atoms with Crippen molar-refractivity contribution in [2.24, 2.45) is 0 Å². The molecule has 1 amide bonds. The maximum Gasteiger partial charge on any atom is 0.226 e. The van der Waals surface area contributed by atoms with Crippen LogP contribution in [-0.4, -0.2) is 43.5 Å². The molecule has 0 bridgehead atoms. The molecule has 5 rings (SSSR count). The van der Waals surface area contributed by atoms with Crippen molar-refractivity contribution in [2.75, 3.05) is 32.8 Å². The van der Waals surface area contributed by atoms with Gasteiger partial charge in [0.15, 0.2) is 17.3 Å². The molecule has 2 aromatic carbocycles. The lowest BCUT2D eigenvalue weighted by molar-refractivity contribution is -0.116. The Morgan fingerprint density at radius 1 is 1.03 bits per heavy atom. The number of methoxy groups -OCH3 is 2. The van der Waals surface area contributed by atoms with Gasteiger partial charge in [0.25, 0.3) is 0 Å². The van der Waals surface area contributed by atoms with Gasteiger partial charge < -0.3 is 24.3 Å². The highest BCUT2D eigenvalue weighted by molar-refractivity contribution is 5.96. The second kappa shape index (κ2) is 7.29. The van der Waals surface area contributed by atoms with E-state index in [1.165, 1.54) is 0 Å². The van der Waals surface area contributed by atoms with Gasteiger partial charge in [0.2, 0.25) is 5.91 Å². The Kier molecular flexibility index (Phi) is 4.46. The molecule has 1 aromatic heterocycles. The molecule has 1 atom stereocenters. The van der Waals surface area contributed by atoms with Gasteiger partial charge in [-0.3, -0.25) is 9.89 Å². The first-order valence-electron chi connectivity index (χ1n) is 9.68. The lowest BCUT2D eigenvalue weighted by atomic mass is 9.84. The Balaban J connectivity index is 1.63. The predicted molar refractivity (Wildman–Crippen MR) is 110 cm³/mol. The fourth-order valence-electron chi connectivity index (χ4n) is 4.03. The highest BCUT2D eigenvalue weighted by Crippen LogP contribution is 2.46. The van der Waals surface area contributed by atoms with E-state index in [1.54, 1.807) is 14.2 Å². The third kappa shape index (κ3) is 3.01. The molecule has 0 radical (unpaired) electrons. The molecule has 3 aromatic rings. The number of H-pyrrole nitrogens is 1. The molecule has 3 heterocycles. The SMILES string of the molecule is COc1ccc(-c2[nH]nc3c2C(c2ccc4c(c2)OCCO4)CC(=O)N3)c(OC)c1. The zero-order valence-corrected chi connectivity index (χ0v) is 16.7. The molecule has 8 nitrogen and oxygen atoms in total. The molecular formula is C22H21N3O5. The van der Waals surface area contributed by atoms with E-state index in [0.717, 1.165) is 28.1 Å². The monoisotopic (exact) mass is 407 g/mol. The van der Waals surface area contributed by atoms with E-state index < -0.39 is 0 Å². The number of hydrogen-bond acceptors (Lipinski definition) is 6. The molecule has 2 aliphatic rings. The van der Waals surface area contributed by atoms with Gasteiger partial charge in [-0.25, -0.2) is 0 Å². The van der Waals surface area contributed by atoms with Crippen molar-refractivity contribution < 1.29 is 23.7 Å². The number of anilines is 1. The number of fused-ring (bicyclic) bond motifs is 2. The number of carbonyl (C=O) groups is 1. The van der Waals surface area contributed by atoms with Gasteiger partial charge in [0.1, 0.15) is 24.7 Å². The fraction of sp³-hybridized carbons (Fsp3) is 0.273. The molecule has 2 aliphatic heterocycles. The van der Waals surface area contributed by atoms with E-state index in [4.69, 9.17) is 18.9 Å². The number of carbonyl (C=O) groups excluding carboxylic acids is 1. The molecule has 0 saturated carbocycles. The second-order valence-electron chi connectivity index (χ2n) is 7.14. The number of nitrogens with zero attached hydrogens (tertiary/aromatic N) is 1. The molecule has 1 unspecified atom stereocenters. The van der Waals surface area contributed by atoms with Gasteiger partial charge in [-0.15, -0.1) is 0 Å². The fourth-order valence-corrected chi connectivity index (χ4v) is 4.03. The molecular weight excluding hydrogens is 386 g/mol. The average Bonchev–Trinajstić information content (AvgIpc) is 3.21. The topological polar surface area (TPSA) is 94.7 Å². The van der Waals surface area contributed by atoms with Gasteiger partial charge in [-0.05, 0) is 29.8 Å². The Morgan fingerprint density at radius 3 is 2.67 bits per heavy atom. The van der Waals surface area contributed by atoms with Crippen LogP contribution in [0.1, 0.15) is 23.5 Å². The first-order chi connectivity index (χ1) is 14.7. The summed E-state index contributed by atoms with van der Waals surface area (Å²) in [5.74, 6) is 3.01. The maximum atomic E-state index is 12.4. The quantitative estimate of drug-likeness (QED) is 0.689. The summed E-state index contributed by atoms with van der Waals surface area (Å²) >= 11 is 0. The molecule has 0 saturated heterocycles. The minimum Gasteiger partial charge on any atom is -0.497 e. The van der Waals surface area contributed by atoms with Crippen molar-refractivity contribution >= 4 is 11.7 Å². The normalized spacial score (nSPS) is 17.1. The first-order valence-corrected chi connectivity index (χ1v) is 9.68. The van der Waals surface area contributed by atoms with E-state index in [-0.39, 0.29) is 11.8 Å². The molecule has 0 aliphatic carbocycles. The first kappa shape index (κ1) is 18.4. The summed E-state index contributed by atoms with van der Waals surface area (Å²) < 4.78 is 22.3. The Morgan fingerprint density at radius 2 is 1.87 bits per heavy atom. The van der Waals surface area contributed by atoms with Crippen LogP contribution in [0, 0.1) is 0 Å². The number of nitrogens with one attached hydrogen (secondary N) is 2. The van der Waals surface area contributed by atoms with E-state index in [2.05, 4.69) is 15.5 Å². The van der Waals surface area contributed by atoms with Gasteiger partial charge in [0, 0.05) is 29.5 Å². The Hall–Kier alpha value is -3.68. The summed E-state index contributed by atoms with van der Waals surface area (Å²) in [6.07, 6.45) is 0.303. The van der Waals surface area contributed by atoms with Crippen molar-refractivity contribution in [3.05, 3.63) is 47.5 Å². The van der Waals surface area contributed by atoms with Gasteiger partial charge in [0.05, 0.1) is 19.9 Å². The number of amides is 1. The van der Waals surface area contributed by atoms with Crippen LogP contribution in [0.3, 0.4) is 0 Å². The number of aromatic nitrogens is 2. The van der Waals surface area contributed by atoms with Crippen molar-refractivity contribution in [3.63, 3.8) is 0 Å². The second-order valence-corrected chi connectivity index (χ2v) is 7.14. The smallest absolute Gasteiger partial charge is 0.226 e. The average molecular weight is 407 g/mol. The highest BCUT2D eigenvalue weighted by Gasteiger charge is 2.33. The van der Waals surface area contributed by atoms with Crippen molar-refractivity contribution in [2.45, 2.75) is 12.3 Å². The maximum absolute atomic E-state index is 12.4. The van der Waals surface area contributed by atoms with E-state index >= 15 is 0 Å². The summed E-state index contributed by atoms with van der Waals surface area (Å²) in [7, 11) is 3.22. The molecule has 154 valence electrons. The molecule has 8 heteroatoms. The minimum absolute atomic E-state index is 0.0814. The number of benzene rings is 2. The summed E-state index contributed by atoms with van der Waals surface area (Å²) in [6.45, 7) is 1.04. The van der Waals surface area contributed by atoms with Crippen LogP contribution in [-0.2, 0) is 4.79 Å². The van der Waals surface area contributed by atoms with Crippen LogP contribution in [0.15, 0.2) is 36.4 Å². The Bertz CT molecular complexity index is 1120. The largest absolute Gasteiger partial charge is 0.497 e. The third-order valence-corrected chi connectivity index (χ3v) is 5.45. The molecule has 2 N–H and O–H groups in total. The molecule has 0 fully saturated rings. The number of rotatable bonds is 4. The third-order valence-electron chi connectivity index (χ3n) is 5.45. The standard InChI is InChI=1S/C22H21N3O5/c1-27-13-4-5-14(17(10-13)28-2)21-20-15(11-19(26)23-22(20)25-24-21)12-3-6-16-18(9-12)30-8-7-29-16/h3-6,9-10,15H,7-8,11H2,1-2H3,(H2,23,24,25,26). The van der Waals surface area contributed by atoms with E-state index in [0.29, 0.717) is 42.7 Å². The van der Waals surface area contributed by atoms with Crippen molar-refractivity contribution in [3.8, 4) is 34.3 Å². The zero-order chi connectivity index (χ0) is 20.7.